The lowest BCUT2D eigenvalue weighted by molar-refractivity contribution is -0.403. The fourth-order valence-corrected chi connectivity index (χ4v) is 2.77. The maximum Gasteiger partial charge on any atom is 0.233 e. The van der Waals surface area contributed by atoms with E-state index < -0.39 is 35.3 Å². The van der Waals surface area contributed by atoms with Crippen molar-refractivity contribution < 1.29 is 23.9 Å². The summed E-state index contributed by atoms with van der Waals surface area (Å²) in [5.74, 6) is -0.762. The van der Waals surface area contributed by atoms with E-state index in [9.17, 15) is 10.1 Å². The Morgan fingerprint density at radius 1 is 1.30 bits per heavy atom. The summed E-state index contributed by atoms with van der Waals surface area (Å²) < 4.78 is 23.1. The third-order valence-electron chi connectivity index (χ3n) is 3.71. The molecule has 4 atom stereocenters. The molecule has 0 N–H and O–H groups in total. The van der Waals surface area contributed by atoms with Crippen LogP contribution in [0.2, 0.25) is 0 Å². The number of ether oxygens (including phenoxy) is 4. The third kappa shape index (κ3) is 3.76. The second kappa shape index (κ2) is 6.37. The highest BCUT2D eigenvalue weighted by atomic mass is 16.8. The third-order valence-corrected chi connectivity index (χ3v) is 3.71. The van der Waals surface area contributed by atoms with E-state index >= 15 is 0 Å². The minimum atomic E-state index is -0.762. The summed E-state index contributed by atoms with van der Waals surface area (Å²) in [5, 5.41) is 10.6. The van der Waals surface area contributed by atoms with Crippen LogP contribution < -0.4 is 0 Å². The zero-order valence-corrected chi connectivity index (χ0v) is 13.0. The SMILES string of the molecule is CC1(C)O[C@@H]2O[C@H](/C=C/[N+](=O)[O-])[C@@H](OCc3ccccc3)[C@@H]2O1. The summed E-state index contributed by atoms with van der Waals surface area (Å²) in [7, 11) is 0. The van der Waals surface area contributed by atoms with Crippen LogP contribution in [0.1, 0.15) is 19.4 Å². The van der Waals surface area contributed by atoms with Gasteiger partial charge < -0.3 is 18.9 Å². The Bertz CT molecular complexity index is 587. The summed E-state index contributed by atoms with van der Waals surface area (Å²) in [4.78, 5) is 10.0. The maximum atomic E-state index is 10.6. The van der Waals surface area contributed by atoms with Gasteiger partial charge in [0, 0.05) is 6.08 Å². The van der Waals surface area contributed by atoms with E-state index in [0.717, 1.165) is 11.8 Å². The molecule has 7 heteroatoms. The van der Waals surface area contributed by atoms with Gasteiger partial charge in [-0.15, -0.1) is 0 Å². The van der Waals surface area contributed by atoms with Crippen LogP contribution in [-0.2, 0) is 25.6 Å². The molecule has 0 spiro atoms. The Labute approximate surface area is 133 Å². The average Bonchev–Trinajstić information content (AvgIpc) is 2.95. The molecule has 0 bridgehead atoms. The molecule has 0 saturated carbocycles. The summed E-state index contributed by atoms with van der Waals surface area (Å²) in [6.45, 7) is 3.96. The van der Waals surface area contributed by atoms with Crippen molar-refractivity contribution in [1.29, 1.82) is 0 Å². The molecule has 1 aromatic carbocycles. The van der Waals surface area contributed by atoms with Crippen molar-refractivity contribution in [2.45, 2.75) is 50.8 Å². The van der Waals surface area contributed by atoms with Gasteiger partial charge in [0.15, 0.2) is 12.1 Å². The minimum Gasteiger partial charge on any atom is -0.368 e. The van der Waals surface area contributed by atoms with Crippen LogP contribution in [0.5, 0.6) is 0 Å². The van der Waals surface area contributed by atoms with Gasteiger partial charge in [-0.3, -0.25) is 10.1 Å². The van der Waals surface area contributed by atoms with Gasteiger partial charge in [0.05, 0.1) is 11.5 Å². The van der Waals surface area contributed by atoms with E-state index in [2.05, 4.69) is 0 Å². The summed E-state index contributed by atoms with van der Waals surface area (Å²) in [6, 6.07) is 9.68. The van der Waals surface area contributed by atoms with Crippen molar-refractivity contribution in [3.63, 3.8) is 0 Å². The van der Waals surface area contributed by atoms with Gasteiger partial charge in [-0.05, 0) is 19.4 Å². The highest BCUT2D eigenvalue weighted by molar-refractivity contribution is 5.14. The van der Waals surface area contributed by atoms with Crippen LogP contribution in [-0.4, -0.2) is 35.3 Å². The molecular formula is C16H19NO6. The molecule has 2 aliphatic rings. The van der Waals surface area contributed by atoms with Crippen LogP contribution >= 0.6 is 0 Å². The molecule has 0 unspecified atom stereocenters. The summed E-state index contributed by atoms with van der Waals surface area (Å²) in [5.41, 5.74) is 1.01. The normalized spacial score (nSPS) is 32.3. The number of nitro groups is 1. The molecule has 23 heavy (non-hydrogen) atoms. The molecule has 2 aliphatic heterocycles. The lowest BCUT2D eigenvalue weighted by atomic mass is 10.1. The van der Waals surface area contributed by atoms with Gasteiger partial charge >= 0.3 is 0 Å². The Hall–Kier alpha value is -1.80. The first kappa shape index (κ1) is 16.1. The predicted octanol–water partition coefficient (Wildman–Crippen LogP) is 2.24. The molecule has 0 aliphatic carbocycles. The highest BCUT2D eigenvalue weighted by Crippen LogP contribution is 2.39. The van der Waals surface area contributed by atoms with Gasteiger partial charge in [-0.2, -0.15) is 0 Å². The average molecular weight is 321 g/mol. The molecule has 124 valence electrons. The number of rotatable bonds is 5. The first-order chi connectivity index (χ1) is 10.9. The van der Waals surface area contributed by atoms with Gasteiger partial charge in [0.1, 0.15) is 18.3 Å². The Morgan fingerprint density at radius 2 is 2.04 bits per heavy atom. The molecule has 1 aromatic rings. The molecule has 0 radical (unpaired) electrons. The van der Waals surface area contributed by atoms with Crippen LogP contribution in [0.25, 0.3) is 0 Å². The highest BCUT2D eigenvalue weighted by Gasteiger charge is 2.55. The number of hydrogen-bond donors (Lipinski definition) is 0. The summed E-state index contributed by atoms with van der Waals surface area (Å²) in [6.07, 6.45) is 0.152. The molecule has 2 heterocycles. The van der Waals surface area contributed by atoms with Crippen molar-refractivity contribution in [3.8, 4) is 0 Å². The smallest absolute Gasteiger partial charge is 0.233 e. The number of benzene rings is 1. The maximum absolute atomic E-state index is 10.6. The quantitative estimate of drug-likeness (QED) is 0.611. The largest absolute Gasteiger partial charge is 0.368 e. The van der Waals surface area contributed by atoms with E-state index in [1.165, 1.54) is 6.08 Å². The van der Waals surface area contributed by atoms with Gasteiger partial charge in [-0.25, -0.2) is 0 Å². The molecule has 0 aromatic heterocycles. The van der Waals surface area contributed by atoms with Crippen molar-refractivity contribution in [2.75, 3.05) is 0 Å². The van der Waals surface area contributed by atoms with E-state index in [1.807, 2.05) is 30.3 Å². The lowest BCUT2D eigenvalue weighted by Crippen LogP contribution is -2.36. The summed E-state index contributed by atoms with van der Waals surface area (Å²) >= 11 is 0. The predicted molar refractivity (Wildman–Crippen MR) is 79.9 cm³/mol. The molecule has 2 fully saturated rings. The molecule has 3 rings (SSSR count). The van der Waals surface area contributed by atoms with Crippen LogP contribution in [0.15, 0.2) is 42.6 Å². The van der Waals surface area contributed by atoms with Crippen molar-refractivity contribution in [3.05, 3.63) is 58.3 Å². The number of hydrogen-bond acceptors (Lipinski definition) is 6. The Balaban J connectivity index is 1.72. The zero-order chi connectivity index (χ0) is 16.4. The van der Waals surface area contributed by atoms with Gasteiger partial charge in [0.2, 0.25) is 6.20 Å². The topological polar surface area (TPSA) is 80.1 Å². The number of nitrogens with zero attached hydrogens (tertiary/aromatic N) is 1. The van der Waals surface area contributed by atoms with Crippen molar-refractivity contribution in [2.24, 2.45) is 0 Å². The second-order valence-electron chi connectivity index (χ2n) is 5.96. The van der Waals surface area contributed by atoms with Crippen molar-refractivity contribution >= 4 is 0 Å². The second-order valence-corrected chi connectivity index (χ2v) is 5.96. The Kier molecular flexibility index (Phi) is 4.45. The van der Waals surface area contributed by atoms with Crippen molar-refractivity contribution in [1.82, 2.24) is 0 Å². The molecular weight excluding hydrogens is 302 g/mol. The van der Waals surface area contributed by atoms with E-state index in [0.29, 0.717) is 6.61 Å². The van der Waals surface area contributed by atoms with Gasteiger partial charge in [-0.1, -0.05) is 30.3 Å². The first-order valence-electron chi connectivity index (χ1n) is 7.43. The zero-order valence-electron chi connectivity index (χ0n) is 13.0. The van der Waals surface area contributed by atoms with E-state index in [-0.39, 0.29) is 0 Å². The Morgan fingerprint density at radius 3 is 2.74 bits per heavy atom. The fraction of sp³-hybridized carbons (Fsp3) is 0.500. The molecule has 7 nitrogen and oxygen atoms in total. The monoisotopic (exact) mass is 321 g/mol. The standard InChI is InChI=1S/C16H19NO6/c1-16(2)22-14-13(20-10-11-6-4-3-5-7-11)12(8-9-17(18)19)21-15(14)23-16/h3-9,12-15H,10H2,1-2H3/b9-8+/t12-,13-,14+,15+/m1/s1. The molecule has 2 saturated heterocycles. The minimum absolute atomic E-state index is 0.366. The van der Waals surface area contributed by atoms with Gasteiger partial charge in [0.25, 0.3) is 0 Å². The molecule has 0 amide bonds. The fourth-order valence-electron chi connectivity index (χ4n) is 2.77. The lowest BCUT2D eigenvalue weighted by Gasteiger charge is -2.24. The van der Waals surface area contributed by atoms with E-state index in [1.54, 1.807) is 13.8 Å². The van der Waals surface area contributed by atoms with Crippen LogP contribution in [0.4, 0.5) is 0 Å². The van der Waals surface area contributed by atoms with E-state index in [4.69, 9.17) is 18.9 Å². The first-order valence-corrected chi connectivity index (χ1v) is 7.43. The number of fused-ring (bicyclic) bond motifs is 1. The van der Waals surface area contributed by atoms with Crippen LogP contribution in [0.3, 0.4) is 0 Å². The van der Waals surface area contributed by atoms with Crippen LogP contribution in [0, 0.1) is 10.1 Å².